The number of nitrogens with one attached hydrogen (secondary N) is 1. The Labute approximate surface area is 150 Å². The Morgan fingerprint density at radius 2 is 1.96 bits per heavy atom. The van der Waals surface area contributed by atoms with E-state index in [1.807, 2.05) is 56.3 Å². The molecule has 0 saturated carbocycles. The highest BCUT2D eigenvalue weighted by Crippen LogP contribution is 2.31. The molecule has 1 atom stereocenters. The van der Waals surface area contributed by atoms with Gasteiger partial charge in [0.15, 0.2) is 0 Å². The largest absolute Gasteiger partial charge is 0.326 e. The number of hydrogen-bond donors (Lipinski definition) is 1. The molecule has 0 radical (unpaired) electrons. The molecule has 0 aliphatic carbocycles. The van der Waals surface area contributed by atoms with Crippen molar-refractivity contribution < 1.29 is 9.59 Å². The van der Waals surface area contributed by atoms with Gasteiger partial charge >= 0.3 is 0 Å². The molecule has 0 bridgehead atoms. The third-order valence-corrected chi connectivity index (χ3v) is 4.96. The van der Waals surface area contributed by atoms with Gasteiger partial charge in [0.05, 0.1) is 11.6 Å². The second kappa shape index (κ2) is 6.77. The lowest BCUT2D eigenvalue weighted by molar-refractivity contribution is -0.122. The number of carbonyl (C=O) groups is 2. The lowest BCUT2D eigenvalue weighted by Gasteiger charge is -2.18. The maximum atomic E-state index is 12.6. The molecule has 3 rings (SSSR count). The Morgan fingerprint density at radius 3 is 2.71 bits per heavy atom. The average molecular weight is 387 g/mol. The molecule has 2 aromatic rings. The summed E-state index contributed by atoms with van der Waals surface area (Å²) >= 11 is 3.47. The molecule has 1 saturated heterocycles. The van der Waals surface area contributed by atoms with Gasteiger partial charge in [-0.05, 0) is 59.1 Å². The van der Waals surface area contributed by atoms with E-state index in [9.17, 15) is 9.59 Å². The highest BCUT2D eigenvalue weighted by Gasteiger charge is 2.35. The first kappa shape index (κ1) is 16.7. The number of para-hydroxylation sites is 1. The predicted octanol–water partition coefficient (Wildman–Crippen LogP) is 4.06. The van der Waals surface area contributed by atoms with Crippen LogP contribution in [0.3, 0.4) is 0 Å². The maximum Gasteiger partial charge on any atom is 0.229 e. The second-order valence-electron chi connectivity index (χ2n) is 6.16. The summed E-state index contributed by atoms with van der Waals surface area (Å²) in [7, 11) is 0. The molecular weight excluding hydrogens is 368 g/mol. The van der Waals surface area contributed by atoms with E-state index in [0.29, 0.717) is 6.54 Å². The Hall–Kier alpha value is -2.14. The summed E-state index contributed by atoms with van der Waals surface area (Å²) in [4.78, 5) is 26.6. The summed E-state index contributed by atoms with van der Waals surface area (Å²) < 4.78 is 0.855. The minimum atomic E-state index is -0.343. The molecule has 1 aliphatic heterocycles. The molecule has 1 fully saturated rings. The molecule has 2 aromatic carbocycles. The summed E-state index contributed by atoms with van der Waals surface area (Å²) in [5, 5.41) is 2.97. The first-order valence-corrected chi connectivity index (χ1v) is 8.68. The number of nitrogens with zero attached hydrogens (tertiary/aromatic N) is 1. The van der Waals surface area contributed by atoms with Gasteiger partial charge in [-0.1, -0.05) is 24.3 Å². The number of amides is 2. The molecule has 5 heteroatoms. The minimum Gasteiger partial charge on any atom is -0.326 e. The zero-order chi connectivity index (χ0) is 17.3. The number of halogens is 1. The van der Waals surface area contributed by atoms with E-state index < -0.39 is 0 Å². The van der Waals surface area contributed by atoms with Gasteiger partial charge in [-0.15, -0.1) is 0 Å². The fourth-order valence-electron chi connectivity index (χ4n) is 2.89. The smallest absolute Gasteiger partial charge is 0.229 e. The lowest BCUT2D eigenvalue weighted by Crippen LogP contribution is -2.28. The quantitative estimate of drug-likeness (QED) is 0.864. The highest BCUT2D eigenvalue weighted by atomic mass is 79.9. The van der Waals surface area contributed by atoms with E-state index in [-0.39, 0.29) is 24.2 Å². The van der Waals surface area contributed by atoms with Crippen LogP contribution in [0.2, 0.25) is 0 Å². The predicted molar refractivity (Wildman–Crippen MR) is 99.1 cm³/mol. The van der Waals surface area contributed by atoms with Crippen LogP contribution in [-0.4, -0.2) is 18.4 Å². The summed E-state index contributed by atoms with van der Waals surface area (Å²) in [5.74, 6) is -0.473. The van der Waals surface area contributed by atoms with Crippen LogP contribution >= 0.6 is 15.9 Å². The van der Waals surface area contributed by atoms with Gasteiger partial charge in [0.1, 0.15) is 0 Å². The van der Waals surface area contributed by atoms with Crippen LogP contribution in [0.4, 0.5) is 11.4 Å². The number of hydrogen-bond acceptors (Lipinski definition) is 2. The molecule has 0 spiro atoms. The van der Waals surface area contributed by atoms with Gasteiger partial charge in [0.2, 0.25) is 11.8 Å². The van der Waals surface area contributed by atoms with Crippen LogP contribution in [0.5, 0.6) is 0 Å². The van der Waals surface area contributed by atoms with E-state index in [4.69, 9.17) is 0 Å². The van der Waals surface area contributed by atoms with Crippen molar-refractivity contribution in [1.29, 1.82) is 0 Å². The Kier molecular flexibility index (Phi) is 4.71. The van der Waals surface area contributed by atoms with Gasteiger partial charge in [-0.3, -0.25) is 9.59 Å². The Bertz CT molecular complexity index is 804. The first-order chi connectivity index (χ1) is 11.5. The van der Waals surface area contributed by atoms with E-state index in [1.54, 1.807) is 4.90 Å². The third-order valence-electron chi connectivity index (χ3n) is 4.29. The standard InChI is InChI=1S/C19H19BrN2O2/c1-12-7-8-13(2)16(9-12)21-19(24)14-10-18(23)22(11-14)17-6-4-3-5-15(17)20/h3-9,14H,10-11H2,1-2H3,(H,21,24). The monoisotopic (exact) mass is 386 g/mol. The number of aryl methyl sites for hydroxylation is 2. The zero-order valence-corrected chi connectivity index (χ0v) is 15.3. The zero-order valence-electron chi connectivity index (χ0n) is 13.7. The van der Waals surface area contributed by atoms with Gasteiger partial charge in [0, 0.05) is 23.1 Å². The normalized spacial score (nSPS) is 17.2. The molecule has 1 unspecified atom stereocenters. The average Bonchev–Trinajstić information content (AvgIpc) is 2.93. The van der Waals surface area contributed by atoms with Crippen molar-refractivity contribution in [2.75, 3.05) is 16.8 Å². The van der Waals surface area contributed by atoms with Crippen LogP contribution in [0.1, 0.15) is 17.5 Å². The van der Waals surface area contributed by atoms with Crippen molar-refractivity contribution >= 4 is 39.1 Å². The molecule has 0 aromatic heterocycles. The first-order valence-electron chi connectivity index (χ1n) is 7.88. The van der Waals surface area contributed by atoms with Crippen LogP contribution < -0.4 is 10.2 Å². The highest BCUT2D eigenvalue weighted by molar-refractivity contribution is 9.10. The number of benzene rings is 2. The molecular formula is C19H19BrN2O2. The van der Waals surface area contributed by atoms with Gasteiger partial charge in [-0.2, -0.15) is 0 Å². The molecule has 1 N–H and O–H groups in total. The summed E-state index contributed by atoms with van der Waals surface area (Å²) in [6.45, 7) is 4.35. The summed E-state index contributed by atoms with van der Waals surface area (Å²) in [5.41, 5.74) is 3.73. The van der Waals surface area contributed by atoms with Crippen molar-refractivity contribution in [1.82, 2.24) is 0 Å². The molecule has 124 valence electrons. The molecule has 1 heterocycles. The molecule has 2 amide bonds. The lowest BCUT2D eigenvalue weighted by atomic mass is 10.1. The fraction of sp³-hybridized carbons (Fsp3) is 0.263. The summed E-state index contributed by atoms with van der Waals surface area (Å²) in [6, 6.07) is 13.5. The number of rotatable bonds is 3. The van der Waals surface area contributed by atoms with Gasteiger partial charge < -0.3 is 10.2 Å². The SMILES string of the molecule is Cc1ccc(C)c(NC(=O)C2CC(=O)N(c3ccccc3Br)C2)c1. The second-order valence-corrected chi connectivity index (χ2v) is 7.02. The summed E-state index contributed by atoms with van der Waals surface area (Å²) in [6.07, 6.45) is 0.234. The Morgan fingerprint density at radius 1 is 1.21 bits per heavy atom. The van der Waals surface area contributed by atoms with Gasteiger partial charge in [-0.25, -0.2) is 0 Å². The van der Waals surface area contributed by atoms with E-state index in [1.165, 1.54) is 0 Å². The van der Waals surface area contributed by atoms with Crippen molar-refractivity contribution in [2.24, 2.45) is 5.92 Å². The maximum absolute atomic E-state index is 12.6. The Balaban J connectivity index is 1.75. The van der Waals surface area contributed by atoms with Gasteiger partial charge in [0.25, 0.3) is 0 Å². The third kappa shape index (κ3) is 3.36. The minimum absolute atomic E-state index is 0.0250. The van der Waals surface area contributed by atoms with E-state index >= 15 is 0 Å². The van der Waals surface area contributed by atoms with E-state index in [0.717, 1.165) is 27.0 Å². The topological polar surface area (TPSA) is 49.4 Å². The van der Waals surface area contributed by atoms with E-state index in [2.05, 4.69) is 21.2 Å². The molecule has 24 heavy (non-hydrogen) atoms. The van der Waals surface area contributed by atoms with Crippen LogP contribution in [-0.2, 0) is 9.59 Å². The van der Waals surface area contributed by atoms with Crippen LogP contribution in [0, 0.1) is 19.8 Å². The van der Waals surface area contributed by atoms with Crippen molar-refractivity contribution in [2.45, 2.75) is 20.3 Å². The van der Waals surface area contributed by atoms with Crippen molar-refractivity contribution in [3.63, 3.8) is 0 Å². The van der Waals surface area contributed by atoms with Crippen molar-refractivity contribution in [3.05, 3.63) is 58.1 Å². The number of anilines is 2. The fourth-order valence-corrected chi connectivity index (χ4v) is 3.39. The molecule has 1 aliphatic rings. The molecule has 4 nitrogen and oxygen atoms in total. The van der Waals surface area contributed by atoms with Crippen molar-refractivity contribution in [3.8, 4) is 0 Å². The van der Waals surface area contributed by atoms with Crippen LogP contribution in [0.25, 0.3) is 0 Å². The number of carbonyl (C=O) groups excluding carboxylic acids is 2. The van der Waals surface area contributed by atoms with Crippen LogP contribution in [0.15, 0.2) is 46.9 Å².